The summed E-state index contributed by atoms with van der Waals surface area (Å²) >= 11 is 0. The molecular weight excluding hydrogens is 324 g/mol. The number of hydrogen-bond acceptors (Lipinski definition) is 9. The molecule has 0 aromatic rings. The summed E-state index contributed by atoms with van der Waals surface area (Å²) < 4.78 is 52.4. The van der Waals surface area contributed by atoms with Crippen LogP contribution in [0.15, 0.2) is 0 Å². The van der Waals surface area contributed by atoms with Crippen LogP contribution in [0.5, 0.6) is 0 Å². The second kappa shape index (κ2) is 11.8. The van der Waals surface area contributed by atoms with E-state index >= 15 is 0 Å². The third kappa shape index (κ3) is 8.23. The first-order valence-electron chi connectivity index (χ1n) is 9.05. The molecule has 0 fully saturated rings. The fraction of sp³-hybridized carbons (Fsp3) is 0.800. The van der Waals surface area contributed by atoms with Gasteiger partial charge < -0.3 is 28.4 Å². The van der Waals surface area contributed by atoms with Crippen LogP contribution in [0.1, 0.15) is 24.9 Å². The van der Waals surface area contributed by atoms with Crippen molar-refractivity contribution in [1.29, 1.82) is 0 Å². The molecule has 0 heterocycles. The molecule has 0 aromatic heterocycles. The molecule has 0 saturated heterocycles. The molecule has 0 aliphatic carbocycles. The van der Waals surface area contributed by atoms with Crippen LogP contribution >= 0.6 is 0 Å². The van der Waals surface area contributed by atoms with Crippen LogP contribution in [0, 0.1) is 0 Å². The van der Waals surface area contributed by atoms with Gasteiger partial charge in [-0.2, -0.15) is 0 Å². The normalized spacial score (nSPS) is 17.4. The van der Waals surface area contributed by atoms with Crippen LogP contribution in [-0.4, -0.2) is 76.8 Å². The van der Waals surface area contributed by atoms with E-state index in [2.05, 4.69) is 0 Å². The van der Waals surface area contributed by atoms with Gasteiger partial charge in [-0.15, -0.1) is 0 Å². The zero-order valence-electron chi connectivity index (χ0n) is 17.0. The highest BCUT2D eigenvalue weighted by molar-refractivity contribution is 5.67. The fourth-order valence-corrected chi connectivity index (χ4v) is 1.96. The Morgan fingerprint density at radius 3 is 1.67 bits per heavy atom. The average molecular weight is 353 g/mol. The predicted octanol–water partition coefficient (Wildman–Crippen LogP) is 0.0893. The monoisotopic (exact) mass is 353 g/mol. The molecule has 0 spiro atoms. The van der Waals surface area contributed by atoms with E-state index in [1.54, 1.807) is 0 Å². The van der Waals surface area contributed by atoms with E-state index in [0.717, 1.165) is 20.8 Å². The van der Waals surface area contributed by atoms with Crippen molar-refractivity contribution in [3.8, 4) is 0 Å². The van der Waals surface area contributed by atoms with Gasteiger partial charge >= 0.3 is 17.9 Å². The van der Waals surface area contributed by atoms with E-state index in [4.69, 9.17) is 32.5 Å². The van der Waals surface area contributed by atoms with Gasteiger partial charge in [0, 0.05) is 42.0 Å². The lowest BCUT2D eigenvalue weighted by atomic mass is 10.0. The zero-order chi connectivity index (χ0) is 20.8. The standard InChI is InChI=1S/C15H26O9/c1-9(16)22-8-13(24-11(3)18)15(21-6)14(20-5)12(7-19-4)23-10(2)17/h12-15H,7-8H2,1-6H3/t12-,13+,14-,15-/m1/s1/i4D,5D,6D. The number of carbonyl (C=O) groups is 3. The van der Waals surface area contributed by atoms with Crippen LogP contribution in [0.4, 0.5) is 0 Å². The Morgan fingerprint density at radius 2 is 1.29 bits per heavy atom. The van der Waals surface area contributed by atoms with E-state index in [9.17, 15) is 14.4 Å². The molecule has 24 heavy (non-hydrogen) atoms. The van der Waals surface area contributed by atoms with E-state index in [1.807, 2.05) is 0 Å². The number of rotatable bonds is 11. The lowest BCUT2D eigenvalue weighted by Crippen LogP contribution is -2.52. The minimum absolute atomic E-state index is 0.258. The molecule has 0 aromatic carbocycles. The Bertz CT molecular complexity index is 464. The molecule has 0 bridgehead atoms. The van der Waals surface area contributed by atoms with Gasteiger partial charge in [-0.05, 0) is 0 Å². The smallest absolute Gasteiger partial charge is 0.303 e. The van der Waals surface area contributed by atoms with E-state index in [-0.39, 0.29) is 6.61 Å². The van der Waals surface area contributed by atoms with Crippen molar-refractivity contribution in [2.45, 2.75) is 45.2 Å². The van der Waals surface area contributed by atoms with Gasteiger partial charge in [0.2, 0.25) is 0 Å². The molecule has 0 unspecified atom stereocenters. The molecular formula is C15H26O9. The van der Waals surface area contributed by atoms with Gasteiger partial charge in [0.1, 0.15) is 18.8 Å². The molecule has 0 radical (unpaired) electrons. The summed E-state index contributed by atoms with van der Waals surface area (Å²) in [7, 11) is -1.57. The third-order valence-electron chi connectivity index (χ3n) is 2.81. The maximum absolute atomic E-state index is 11.4. The third-order valence-corrected chi connectivity index (χ3v) is 2.81. The topological polar surface area (TPSA) is 107 Å². The summed E-state index contributed by atoms with van der Waals surface area (Å²) in [5.41, 5.74) is 0. The first-order valence-corrected chi connectivity index (χ1v) is 6.93. The average Bonchev–Trinajstić information content (AvgIpc) is 2.58. The van der Waals surface area contributed by atoms with E-state index in [0.29, 0.717) is 0 Å². The fourth-order valence-electron chi connectivity index (χ4n) is 1.96. The minimum atomic E-state index is -1.21. The number of esters is 3. The van der Waals surface area contributed by atoms with Gasteiger partial charge in [0.25, 0.3) is 0 Å². The maximum atomic E-state index is 11.4. The zero-order valence-corrected chi connectivity index (χ0v) is 14.0. The second-order valence-electron chi connectivity index (χ2n) is 4.73. The van der Waals surface area contributed by atoms with Gasteiger partial charge in [-0.25, -0.2) is 0 Å². The Morgan fingerprint density at radius 1 is 0.792 bits per heavy atom. The lowest BCUT2D eigenvalue weighted by Gasteiger charge is -2.34. The van der Waals surface area contributed by atoms with Gasteiger partial charge in [0.05, 0.1) is 10.7 Å². The summed E-state index contributed by atoms with van der Waals surface area (Å²) in [6.45, 7) is 2.78. The minimum Gasteiger partial charge on any atom is -0.462 e. The van der Waals surface area contributed by atoms with Crippen molar-refractivity contribution < 1.29 is 46.9 Å². The Labute approximate surface area is 145 Å². The van der Waals surface area contributed by atoms with Crippen molar-refractivity contribution in [3.63, 3.8) is 0 Å². The summed E-state index contributed by atoms with van der Waals surface area (Å²) in [5, 5.41) is 0. The van der Waals surface area contributed by atoms with Crippen LogP contribution in [-0.2, 0) is 42.8 Å². The quantitative estimate of drug-likeness (QED) is 0.377. The summed E-state index contributed by atoms with van der Waals surface area (Å²) in [6.07, 6.45) is -4.72. The number of carbonyl (C=O) groups excluding carboxylic acids is 3. The van der Waals surface area contributed by atoms with Crippen molar-refractivity contribution in [3.05, 3.63) is 0 Å². The Hall–Kier alpha value is -1.71. The summed E-state index contributed by atoms with van der Waals surface area (Å²) in [5.74, 6) is -2.02. The molecule has 0 rings (SSSR count). The highest BCUT2D eigenvalue weighted by atomic mass is 16.6. The second-order valence-corrected chi connectivity index (χ2v) is 4.73. The molecule has 0 aliphatic heterocycles. The number of methoxy groups -OCH3 is 3. The SMILES string of the molecule is [2H]COC[C@@H](OC(C)=O)[C@@H](OC[2H])[C@H](OC[2H])[C@H](COC(C)=O)OC(C)=O. The van der Waals surface area contributed by atoms with Crippen LogP contribution in [0.25, 0.3) is 0 Å². The number of hydrogen-bond donors (Lipinski definition) is 0. The van der Waals surface area contributed by atoms with Gasteiger partial charge in [-0.3, -0.25) is 14.4 Å². The van der Waals surface area contributed by atoms with E-state index < -0.39 is 70.2 Å². The largest absolute Gasteiger partial charge is 0.462 e. The molecule has 0 aliphatic rings. The van der Waals surface area contributed by atoms with Gasteiger partial charge in [0.15, 0.2) is 12.2 Å². The lowest BCUT2D eigenvalue weighted by molar-refractivity contribution is -0.192. The summed E-state index contributed by atoms with van der Waals surface area (Å²) in [4.78, 5) is 34.0. The Kier molecular flexibility index (Phi) is 8.40. The molecule has 140 valence electrons. The number of ether oxygens (including phenoxy) is 6. The predicted molar refractivity (Wildman–Crippen MR) is 81.2 cm³/mol. The van der Waals surface area contributed by atoms with Crippen molar-refractivity contribution in [2.24, 2.45) is 0 Å². The molecule has 4 atom stereocenters. The van der Waals surface area contributed by atoms with Crippen LogP contribution in [0.3, 0.4) is 0 Å². The Balaban J connectivity index is 5.72. The van der Waals surface area contributed by atoms with Crippen LogP contribution in [0.2, 0.25) is 0 Å². The highest BCUT2D eigenvalue weighted by Crippen LogP contribution is 2.18. The maximum Gasteiger partial charge on any atom is 0.303 e. The molecule has 9 nitrogen and oxygen atoms in total. The van der Waals surface area contributed by atoms with E-state index in [1.165, 1.54) is 0 Å². The highest BCUT2D eigenvalue weighted by Gasteiger charge is 2.39. The first kappa shape index (κ1) is 17.1. The van der Waals surface area contributed by atoms with Gasteiger partial charge in [-0.1, -0.05) is 0 Å². The molecule has 0 N–H and O–H groups in total. The van der Waals surface area contributed by atoms with Crippen molar-refractivity contribution in [2.75, 3.05) is 34.5 Å². The molecule has 0 amide bonds. The van der Waals surface area contributed by atoms with Crippen LogP contribution < -0.4 is 0 Å². The van der Waals surface area contributed by atoms with Crippen molar-refractivity contribution in [1.82, 2.24) is 0 Å². The van der Waals surface area contributed by atoms with Crippen molar-refractivity contribution >= 4 is 17.9 Å². The first-order chi connectivity index (χ1) is 12.8. The molecule has 9 heteroatoms. The molecule has 0 saturated carbocycles. The summed E-state index contributed by atoms with van der Waals surface area (Å²) in [6, 6.07) is 0.